The van der Waals surface area contributed by atoms with Gasteiger partial charge in [-0.1, -0.05) is 6.07 Å². The van der Waals surface area contributed by atoms with Gasteiger partial charge < -0.3 is 9.47 Å². The molecule has 1 aliphatic heterocycles. The van der Waals surface area contributed by atoms with Crippen molar-refractivity contribution in [2.45, 2.75) is 6.92 Å². The lowest BCUT2D eigenvalue weighted by molar-refractivity contribution is -0.0334. The fraction of sp³-hybridized carbons (Fsp3) is 0.500. The van der Waals surface area contributed by atoms with Gasteiger partial charge in [-0.05, 0) is 19.1 Å². The van der Waals surface area contributed by atoms with E-state index in [1.165, 1.54) is 0 Å². The van der Waals surface area contributed by atoms with E-state index < -0.39 is 0 Å². The van der Waals surface area contributed by atoms with Crippen molar-refractivity contribution in [3.8, 4) is 0 Å². The van der Waals surface area contributed by atoms with Crippen LogP contribution < -0.4 is 0 Å². The summed E-state index contributed by atoms with van der Waals surface area (Å²) in [4.78, 5) is 3.98. The molecule has 1 saturated heterocycles. The maximum atomic E-state index is 4.94. The van der Waals surface area contributed by atoms with Crippen molar-refractivity contribution < 1.29 is 9.47 Å². The molecule has 0 aliphatic carbocycles. The second kappa shape index (κ2) is 6.57. The third kappa shape index (κ3) is 5.33. The van der Waals surface area contributed by atoms with Crippen molar-refractivity contribution in [3.63, 3.8) is 0 Å². The fourth-order valence-corrected chi connectivity index (χ4v) is 0.888. The van der Waals surface area contributed by atoms with Gasteiger partial charge in [0.15, 0.2) is 0 Å². The van der Waals surface area contributed by atoms with Gasteiger partial charge in [0.25, 0.3) is 0 Å². The standard InChI is InChI=1S/C6H7N.C4H8O2/c1-6-4-2-3-5-7-6;1-2-6-4-3-5-1/h2-5H,1H3;1-4H2. The molecule has 1 aliphatic rings. The normalized spacial score (nSPS) is 15.8. The van der Waals surface area contributed by atoms with Crippen molar-refractivity contribution in [3.05, 3.63) is 30.1 Å². The van der Waals surface area contributed by atoms with E-state index in [9.17, 15) is 0 Å². The van der Waals surface area contributed by atoms with Crippen LogP contribution in [0.25, 0.3) is 0 Å². The molecule has 13 heavy (non-hydrogen) atoms. The Morgan fingerprint density at radius 3 is 1.92 bits per heavy atom. The van der Waals surface area contributed by atoms with Crippen molar-refractivity contribution in [2.24, 2.45) is 0 Å². The Kier molecular flexibility index (Phi) is 5.13. The summed E-state index contributed by atoms with van der Waals surface area (Å²) in [5.74, 6) is 0. The van der Waals surface area contributed by atoms with Crippen LogP contribution in [0.4, 0.5) is 0 Å². The summed E-state index contributed by atoms with van der Waals surface area (Å²) in [5.41, 5.74) is 1.07. The second-order valence-corrected chi connectivity index (χ2v) is 2.70. The van der Waals surface area contributed by atoms with Gasteiger partial charge in [0.05, 0.1) is 26.4 Å². The number of aryl methyl sites for hydroxylation is 1. The molecule has 0 radical (unpaired) electrons. The van der Waals surface area contributed by atoms with E-state index in [0.717, 1.165) is 32.1 Å². The Morgan fingerprint density at radius 1 is 1.08 bits per heavy atom. The summed E-state index contributed by atoms with van der Waals surface area (Å²) in [6.07, 6.45) is 1.79. The summed E-state index contributed by atoms with van der Waals surface area (Å²) in [6, 6.07) is 5.86. The van der Waals surface area contributed by atoms with Crippen molar-refractivity contribution in [1.29, 1.82) is 0 Å². The van der Waals surface area contributed by atoms with E-state index in [2.05, 4.69) is 4.98 Å². The van der Waals surface area contributed by atoms with Crippen LogP contribution in [-0.2, 0) is 9.47 Å². The quantitative estimate of drug-likeness (QED) is 0.606. The van der Waals surface area contributed by atoms with E-state index in [0.29, 0.717) is 0 Å². The maximum Gasteiger partial charge on any atom is 0.0701 e. The van der Waals surface area contributed by atoms with Crippen LogP contribution >= 0.6 is 0 Å². The van der Waals surface area contributed by atoms with Crippen molar-refractivity contribution >= 4 is 0 Å². The Balaban J connectivity index is 0.000000132. The van der Waals surface area contributed by atoms with Gasteiger partial charge in [-0.3, -0.25) is 4.98 Å². The Labute approximate surface area is 78.7 Å². The first-order chi connectivity index (χ1) is 6.39. The third-order valence-electron chi connectivity index (χ3n) is 1.56. The predicted molar refractivity (Wildman–Crippen MR) is 50.6 cm³/mol. The molecule has 0 N–H and O–H groups in total. The minimum atomic E-state index is 0.778. The molecule has 0 saturated carbocycles. The SMILES string of the molecule is C1COCCO1.Cc1ccccn1. The molecule has 2 rings (SSSR count). The predicted octanol–water partition coefficient (Wildman–Crippen LogP) is 1.42. The number of nitrogens with zero attached hydrogens (tertiary/aromatic N) is 1. The highest BCUT2D eigenvalue weighted by atomic mass is 16.6. The molecule has 0 aromatic carbocycles. The van der Waals surface area contributed by atoms with E-state index in [1.807, 2.05) is 25.1 Å². The van der Waals surface area contributed by atoms with Gasteiger partial charge in [-0.25, -0.2) is 0 Å². The summed E-state index contributed by atoms with van der Waals surface area (Å²) in [7, 11) is 0. The van der Waals surface area contributed by atoms with Gasteiger partial charge in [0, 0.05) is 11.9 Å². The lowest BCUT2D eigenvalue weighted by Crippen LogP contribution is -2.16. The molecule has 0 unspecified atom stereocenters. The van der Waals surface area contributed by atoms with Crippen molar-refractivity contribution in [1.82, 2.24) is 4.98 Å². The molecular formula is C10H15NO2. The number of hydrogen-bond donors (Lipinski definition) is 0. The van der Waals surface area contributed by atoms with Crippen LogP contribution in [0.1, 0.15) is 5.69 Å². The highest BCUT2D eigenvalue weighted by Gasteiger charge is 1.94. The summed E-state index contributed by atoms with van der Waals surface area (Å²) >= 11 is 0. The summed E-state index contributed by atoms with van der Waals surface area (Å²) < 4.78 is 9.89. The zero-order chi connectivity index (χ0) is 9.36. The first-order valence-electron chi connectivity index (χ1n) is 4.43. The van der Waals surface area contributed by atoms with E-state index in [4.69, 9.17) is 9.47 Å². The molecule has 3 nitrogen and oxygen atoms in total. The number of hydrogen-bond acceptors (Lipinski definition) is 3. The topological polar surface area (TPSA) is 31.4 Å². The van der Waals surface area contributed by atoms with Gasteiger partial charge >= 0.3 is 0 Å². The van der Waals surface area contributed by atoms with Gasteiger partial charge in [-0.15, -0.1) is 0 Å². The number of ether oxygens (including phenoxy) is 2. The van der Waals surface area contributed by atoms with Crippen molar-refractivity contribution in [2.75, 3.05) is 26.4 Å². The lowest BCUT2D eigenvalue weighted by atomic mass is 10.4. The molecule has 72 valence electrons. The highest BCUT2D eigenvalue weighted by Crippen LogP contribution is 1.86. The monoisotopic (exact) mass is 181 g/mol. The van der Waals surface area contributed by atoms with E-state index in [-0.39, 0.29) is 0 Å². The molecule has 2 heterocycles. The fourth-order valence-electron chi connectivity index (χ4n) is 0.888. The Bertz CT molecular complexity index is 198. The van der Waals surface area contributed by atoms with Crippen LogP contribution in [-0.4, -0.2) is 31.4 Å². The van der Waals surface area contributed by atoms with Crippen LogP contribution in [0.15, 0.2) is 24.4 Å². The smallest absolute Gasteiger partial charge is 0.0701 e. The molecule has 0 spiro atoms. The second-order valence-electron chi connectivity index (χ2n) is 2.70. The Hall–Kier alpha value is -0.930. The average Bonchev–Trinajstić information content (AvgIpc) is 2.22. The van der Waals surface area contributed by atoms with Crippen LogP contribution in [0.5, 0.6) is 0 Å². The number of aromatic nitrogens is 1. The Morgan fingerprint density at radius 2 is 1.69 bits per heavy atom. The molecular weight excluding hydrogens is 166 g/mol. The first-order valence-corrected chi connectivity index (χ1v) is 4.43. The van der Waals surface area contributed by atoms with E-state index in [1.54, 1.807) is 6.20 Å². The zero-order valence-electron chi connectivity index (χ0n) is 7.90. The molecule has 0 atom stereocenters. The molecule has 1 aromatic heterocycles. The number of pyridine rings is 1. The third-order valence-corrected chi connectivity index (χ3v) is 1.56. The number of rotatable bonds is 0. The molecule has 0 bridgehead atoms. The summed E-state index contributed by atoms with van der Waals surface area (Å²) in [6.45, 7) is 5.08. The molecule has 0 amide bonds. The molecule has 1 aromatic rings. The molecule has 1 fully saturated rings. The zero-order valence-corrected chi connectivity index (χ0v) is 7.90. The van der Waals surface area contributed by atoms with E-state index >= 15 is 0 Å². The lowest BCUT2D eigenvalue weighted by Gasteiger charge is -2.09. The minimum Gasteiger partial charge on any atom is -0.377 e. The van der Waals surface area contributed by atoms with Gasteiger partial charge in [-0.2, -0.15) is 0 Å². The van der Waals surface area contributed by atoms with Gasteiger partial charge in [0.2, 0.25) is 0 Å². The highest BCUT2D eigenvalue weighted by molar-refractivity contribution is 4.99. The van der Waals surface area contributed by atoms with Crippen LogP contribution in [0, 0.1) is 6.92 Å². The maximum absolute atomic E-state index is 4.94. The minimum absolute atomic E-state index is 0.778. The van der Waals surface area contributed by atoms with Crippen LogP contribution in [0.2, 0.25) is 0 Å². The first kappa shape index (κ1) is 10.2. The molecule has 3 heteroatoms. The van der Waals surface area contributed by atoms with Gasteiger partial charge in [0.1, 0.15) is 0 Å². The average molecular weight is 181 g/mol. The largest absolute Gasteiger partial charge is 0.377 e. The summed E-state index contributed by atoms with van der Waals surface area (Å²) in [5, 5.41) is 0. The van der Waals surface area contributed by atoms with Crippen LogP contribution in [0.3, 0.4) is 0 Å².